The van der Waals surface area contributed by atoms with Crippen molar-refractivity contribution in [3.63, 3.8) is 0 Å². The van der Waals surface area contributed by atoms with Gasteiger partial charge in [-0.15, -0.1) is 11.3 Å². The van der Waals surface area contributed by atoms with E-state index in [-0.39, 0.29) is 5.69 Å². The molecule has 80 valence electrons. The quantitative estimate of drug-likeness (QED) is 0.465. The summed E-state index contributed by atoms with van der Waals surface area (Å²) in [6.07, 6.45) is 3.09. The molecule has 0 saturated heterocycles. The van der Waals surface area contributed by atoms with E-state index in [0.717, 1.165) is 0 Å². The van der Waals surface area contributed by atoms with E-state index in [4.69, 9.17) is 0 Å². The number of rotatable bonds is 3. The van der Waals surface area contributed by atoms with E-state index in [1.165, 1.54) is 23.6 Å². The molecular weight excluding hydrogens is 226 g/mol. The summed E-state index contributed by atoms with van der Waals surface area (Å²) < 4.78 is 0. The zero-order chi connectivity index (χ0) is 11.4. The standard InChI is InChI=1S/C10H7N3O2S/c14-13(15)9-4-2-1-3-8(9)7-12-10-11-5-6-16-10/h1-7H. The average Bonchev–Trinajstić information content (AvgIpc) is 2.79. The number of benzene rings is 1. The molecule has 0 bridgehead atoms. The maximum Gasteiger partial charge on any atom is 0.278 e. The van der Waals surface area contributed by atoms with Crippen LogP contribution in [0.2, 0.25) is 0 Å². The highest BCUT2D eigenvalue weighted by Crippen LogP contribution is 2.18. The monoisotopic (exact) mass is 233 g/mol. The maximum atomic E-state index is 10.7. The molecule has 0 unspecified atom stereocenters. The average molecular weight is 233 g/mol. The molecule has 5 nitrogen and oxygen atoms in total. The summed E-state index contributed by atoms with van der Waals surface area (Å²) in [5.41, 5.74) is 0.519. The van der Waals surface area contributed by atoms with Crippen LogP contribution in [-0.4, -0.2) is 16.1 Å². The minimum absolute atomic E-state index is 0.0443. The molecule has 0 amide bonds. The van der Waals surface area contributed by atoms with E-state index in [1.807, 2.05) is 0 Å². The SMILES string of the molecule is O=[N+]([O-])c1ccccc1C=Nc1nccs1. The molecule has 0 aliphatic carbocycles. The normalized spacial score (nSPS) is 10.8. The predicted octanol–water partition coefficient (Wildman–Crippen LogP) is 2.80. The molecule has 0 aliphatic heterocycles. The topological polar surface area (TPSA) is 68.4 Å². The molecule has 0 spiro atoms. The first-order valence-electron chi connectivity index (χ1n) is 4.44. The fourth-order valence-corrected chi connectivity index (χ4v) is 1.65. The lowest BCUT2D eigenvalue weighted by atomic mass is 10.2. The van der Waals surface area contributed by atoms with Crippen LogP contribution in [-0.2, 0) is 0 Å². The summed E-state index contributed by atoms with van der Waals surface area (Å²) >= 11 is 1.38. The second kappa shape index (κ2) is 4.63. The lowest BCUT2D eigenvalue weighted by Crippen LogP contribution is -1.93. The van der Waals surface area contributed by atoms with Gasteiger partial charge in [-0.1, -0.05) is 12.1 Å². The number of nitro groups is 1. The van der Waals surface area contributed by atoms with Crippen LogP contribution in [0.15, 0.2) is 40.8 Å². The highest BCUT2D eigenvalue weighted by atomic mass is 32.1. The van der Waals surface area contributed by atoms with Crippen LogP contribution in [0.3, 0.4) is 0 Å². The minimum atomic E-state index is -0.427. The van der Waals surface area contributed by atoms with Gasteiger partial charge in [0.1, 0.15) is 0 Å². The van der Waals surface area contributed by atoms with Gasteiger partial charge in [-0.05, 0) is 6.07 Å². The Labute approximate surface area is 95.3 Å². The number of nitro benzene ring substituents is 1. The molecule has 1 aromatic carbocycles. The maximum absolute atomic E-state index is 10.7. The Morgan fingerprint density at radius 3 is 2.94 bits per heavy atom. The van der Waals surface area contributed by atoms with Crippen molar-refractivity contribution in [2.45, 2.75) is 0 Å². The Bertz CT molecular complexity index is 523. The summed E-state index contributed by atoms with van der Waals surface area (Å²) in [4.78, 5) is 18.3. The molecule has 0 aliphatic rings. The molecular formula is C10H7N3O2S. The molecule has 0 radical (unpaired) electrons. The van der Waals surface area contributed by atoms with Gasteiger partial charge in [0.2, 0.25) is 5.13 Å². The van der Waals surface area contributed by atoms with Gasteiger partial charge < -0.3 is 0 Å². The van der Waals surface area contributed by atoms with E-state index in [2.05, 4.69) is 9.98 Å². The second-order valence-corrected chi connectivity index (χ2v) is 3.76. The molecule has 1 heterocycles. The van der Waals surface area contributed by atoms with Crippen LogP contribution >= 0.6 is 11.3 Å². The Morgan fingerprint density at radius 1 is 1.44 bits per heavy atom. The van der Waals surface area contributed by atoms with Gasteiger partial charge in [0.25, 0.3) is 5.69 Å². The van der Waals surface area contributed by atoms with E-state index in [9.17, 15) is 10.1 Å². The van der Waals surface area contributed by atoms with Gasteiger partial charge in [-0.2, -0.15) is 0 Å². The Kier molecular flexibility index (Phi) is 3.02. The Balaban J connectivity index is 2.31. The van der Waals surface area contributed by atoms with Crippen molar-refractivity contribution >= 4 is 28.4 Å². The van der Waals surface area contributed by atoms with E-state index < -0.39 is 4.92 Å². The van der Waals surface area contributed by atoms with Gasteiger partial charge in [-0.25, -0.2) is 9.98 Å². The summed E-state index contributed by atoms with van der Waals surface area (Å²) in [5.74, 6) is 0. The fraction of sp³-hybridized carbons (Fsp3) is 0. The van der Waals surface area contributed by atoms with E-state index >= 15 is 0 Å². The summed E-state index contributed by atoms with van der Waals surface area (Å²) in [6, 6.07) is 6.45. The van der Waals surface area contributed by atoms with Crippen molar-refractivity contribution in [1.29, 1.82) is 0 Å². The molecule has 1 aromatic heterocycles. The first-order valence-corrected chi connectivity index (χ1v) is 5.32. The molecule has 16 heavy (non-hydrogen) atoms. The smallest absolute Gasteiger partial charge is 0.258 e. The third kappa shape index (κ3) is 2.29. The number of aromatic nitrogens is 1. The lowest BCUT2D eigenvalue weighted by Gasteiger charge is -1.94. The number of thiazole rings is 1. The van der Waals surface area contributed by atoms with Crippen LogP contribution in [0, 0.1) is 10.1 Å². The molecule has 2 rings (SSSR count). The van der Waals surface area contributed by atoms with Crippen LogP contribution < -0.4 is 0 Å². The molecule has 0 saturated carbocycles. The van der Waals surface area contributed by atoms with Crippen LogP contribution in [0.5, 0.6) is 0 Å². The number of para-hydroxylation sites is 1. The van der Waals surface area contributed by atoms with Gasteiger partial charge >= 0.3 is 0 Å². The molecule has 0 atom stereocenters. The van der Waals surface area contributed by atoms with Gasteiger partial charge in [0.15, 0.2) is 0 Å². The molecule has 6 heteroatoms. The Morgan fingerprint density at radius 2 is 2.25 bits per heavy atom. The number of aliphatic imine (C=N–C) groups is 1. The first-order chi connectivity index (χ1) is 7.77. The highest BCUT2D eigenvalue weighted by molar-refractivity contribution is 7.13. The fourth-order valence-electron chi connectivity index (χ4n) is 1.17. The number of nitrogens with zero attached hydrogens (tertiary/aromatic N) is 3. The molecule has 0 N–H and O–H groups in total. The van der Waals surface area contributed by atoms with Crippen LogP contribution in [0.25, 0.3) is 0 Å². The predicted molar refractivity (Wildman–Crippen MR) is 62.5 cm³/mol. The zero-order valence-corrected chi connectivity index (χ0v) is 8.92. The van der Waals surface area contributed by atoms with Crippen molar-refractivity contribution in [1.82, 2.24) is 4.98 Å². The third-order valence-corrected chi connectivity index (χ3v) is 2.55. The van der Waals surface area contributed by atoms with Crippen molar-refractivity contribution < 1.29 is 4.92 Å². The van der Waals surface area contributed by atoms with Crippen molar-refractivity contribution in [2.24, 2.45) is 4.99 Å². The van der Waals surface area contributed by atoms with Gasteiger partial charge in [0, 0.05) is 23.9 Å². The first kappa shape index (κ1) is 10.4. The van der Waals surface area contributed by atoms with Gasteiger partial charge in [-0.3, -0.25) is 10.1 Å². The van der Waals surface area contributed by atoms with Gasteiger partial charge in [0.05, 0.1) is 10.5 Å². The largest absolute Gasteiger partial charge is 0.278 e. The third-order valence-electron chi connectivity index (χ3n) is 1.87. The number of hydrogen-bond acceptors (Lipinski definition) is 5. The summed E-state index contributed by atoms with van der Waals surface area (Å²) in [7, 11) is 0. The molecule has 0 fully saturated rings. The Hall–Kier alpha value is -2.08. The summed E-state index contributed by atoms with van der Waals surface area (Å²) in [6.45, 7) is 0. The minimum Gasteiger partial charge on any atom is -0.258 e. The van der Waals surface area contributed by atoms with Crippen molar-refractivity contribution in [2.75, 3.05) is 0 Å². The van der Waals surface area contributed by atoms with E-state index in [0.29, 0.717) is 10.7 Å². The zero-order valence-electron chi connectivity index (χ0n) is 8.11. The lowest BCUT2D eigenvalue weighted by molar-refractivity contribution is -0.385. The molecule has 2 aromatic rings. The van der Waals surface area contributed by atoms with Crippen molar-refractivity contribution in [3.05, 3.63) is 51.5 Å². The van der Waals surface area contributed by atoms with Crippen molar-refractivity contribution in [3.8, 4) is 0 Å². The highest BCUT2D eigenvalue weighted by Gasteiger charge is 2.09. The number of hydrogen-bond donors (Lipinski definition) is 0. The summed E-state index contributed by atoms with van der Waals surface area (Å²) in [5, 5.41) is 13.1. The van der Waals surface area contributed by atoms with Crippen LogP contribution in [0.1, 0.15) is 5.56 Å². The van der Waals surface area contributed by atoms with Crippen LogP contribution in [0.4, 0.5) is 10.8 Å². The van der Waals surface area contributed by atoms with E-state index in [1.54, 1.807) is 29.8 Å². The second-order valence-electron chi connectivity index (χ2n) is 2.89.